The quantitative estimate of drug-likeness (QED) is 0.873. The number of rotatable bonds is 6. The largest absolute Gasteiger partial charge is 0.391 e. The molecule has 1 N–H and O–H groups in total. The Morgan fingerprint density at radius 3 is 2.50 bits per heavy atom. The van der Waals surface area contributed by atoms with Gasteiger partial charge in [0, 0.05) is 25.2 Å². The predicted octanol–water partition coefficient (Wildman–Crippen LogP) is 3.26. The summed E-state index contributed by atoms with van der Waals surface area (Å²) in [6, 6.07) is 16.4. The highest BCUT2D eigenvalue weighted by Gasteiger charge is 2.12. The van der Waals surface area contributed by atoms with Crippen molar-refractivity contribution >= 4 is 5.69 Å². The SMILES string of the molecule is CCN(CC(O)Cc1ccccc1)c1cccc(F)c1. The topological polar surface area (TPSA) is 23.5 Å². The van der Waals surface area contributed by atoms with Gasteiger partial charge < -0.3 is 10.0 Å². The van der Waals surface area contributed by atoms with Crippen LogP contribution in [0.5, 0.6) is 0 Å². The van der Waals surface area contributed by atoms with Crippen LogP contribution in [-0.2, 0) is 6.42 Å². The molecule has 2 nitrogen and oxygen atoms in total. The van der Waals surface area contributed by atoms with Gasteiger partial charge in [0.2, 0.25) is 0 Å². The molecule has 0 amide bonds. The van der Waals surface area contributed by atoms with Gasteiger partial charge in [-0.2, -0.15) is 0 Å². The van der Waals surface area contributed by atoms with E-state index in [-0.39, 0.29) is 5.82 Å². The van der Waals surface area contributed by atoms with E-state index < -0.39 is 6.10 Å². The number of likely N-dealkylation sites (N-methyl/N-ethyl adjacent to an activating group) is 1. The molecule has 2 aromatic carbocycles. The second kappa shape index (κ2) is 7.06. The summed E-state index contributed by atoms with van der Waals surface area (Å²) < 4.78 is 13.3. The average molecular weight is 273 g/mol. The van der Waals surface area contributed by atoms with E-state index in [1.54, 1.807) is 6.07 Å². The van der Waals surface area contributed by atoms with Crippen LogP contribution in [0.4, 0.5) is 10.1 Å². The normalized spacial score (nSPS) is 12.2. The first kappa shape index (κ1) is 14.5. The molecule has 1 unspecified atom stereocenters. The molecule has 0 heterocycles. The van der Waals surface area contributed by atoms with Gasteiger partial charge in [0.05, 0.1) is 6.10 Å². The molecular formula is C17H20FNO. The highest BCUT2D eigenvalue weighted by Crippen LogP contribution is 2.16. The number of benzene rings is 2. The molecule has 0 saturated carbocycles. The van der Waals surface area contributed by atoms with Gasteiger partial charge in [-0.1, -0.05) is 36.4 Å². The minimum Gasteiger partial charge on any atom is -0.391 e. The number of aliphatic hydroxyl groups excluding tert-OH is 1. The lowest BCUT2D eigenvalue weighted by Crippen LogP contribution is -2.33. The third kappa shape index (κ3) is 4.07. The van der Waals surface area contributed by atoms with Crippen molar-refractivity contribution in [2.75, 3.05) is 18.0 Å². The van der Waals surface area contributed by atoms with Crippen molar-refractivity contribution in [3.63, 3.8) is 0 Å². The Balaban J connectivity index is 1.99. The van der Waals surface area contributed by atoms with E-state index in [4.69, 9.17) is 0 Å². The Kier molecular flexibility index (Phi) is 5.13. The van der Waals surface area contributed by atoms with Crippen LogP contribution in [0.2, 0.25) is 0 Å². The summed E-state index contributed by atoms with van der Waals surface area (Å²) in [4.78, 5) is 1.98. The number of anilines is 1. The average Bonchev–Trinajstić information content (AvgIpc) is 2.46. The highest BCUT2D eigenvalue weighted by atomic mass is 19.1. The summed E-state index contributed by atoms with van der Waals surface area (Å²) in [6.45, 7) is 3.23. The van der Waals surface area contributed by atoms with Crippen LogP contribution >= 0.6 is 0 Å². The molecule has 106 valence electrons. The molecule has 1 atom stereocenters. The van der Waals surface area contributed by atoms with Crippen LogP contribution in [0.15, 0.2) is 54.6 Å². The number of hydrogen-bond donors (Lipinski definition) is 1. The molecule has 0 radical (unpaired) electrons. The van der Waals surface area contributed by atoms with Gasteiger partial charge in [0.25, 0.3) is 0 Å². The Morgan fingerprint density at radius 2 is 1.85 bits per heavy atom. The third-order valence-electron chi connectivity index (χ3n) is 3.30. The van der Waals surface area contributed by atoms with Crippen LogP contribution in [0, 0.1) is 5.82 Å². The molecule has 0 saturated heterocycles. The van der Waals surface area contributed by atoms with E-state index in [9.17, 15) is 9.50 Å². The number of hydrogen-bond acceptors (Lipinski definition) is 2. The van der Waals surface area contributed by atoms with Crippen LogP contribution < -0.4 is 4.90 Å². The third-order valence-corrected chi connectivity index (χ3v) is 3.30. The molecule has 2 aromatic rings. The number of aliphatic hydroxyl groups is 1. The lowest BCUT2D eigenvalue weighted by Gasteiger charge is -2.26. The van der Waals surface area contributed by atoms with Crippen molar-refractivity contribution in [2.24, 2.45) is 0 Å². The Labute approximate surface area is 119 Å². The predicted molar refractivity (Wildman–Crippen MR) is 80.4 cm³/mol. The summed E-state index contributed by atoms with van der Waals surface area (Å²) in [5.41, 5.74) is 1.91. The first-order chi connectivity index (χ1) is 9.69. The molecule has 3 heteroatoms. The Morgan fingerprint density at radius 1 is 1.10 bits per heavy atom. The fourth-order valence-corrected chi connectivity index (χ4v) is 2.30. The van der Waals surface area contributed by atoms with E-state index in [0.29, 0.717) is 13.0 Å². The van der Waals surface area contributed by atoms with Crippen molar-refractivity contribution in [1.82, 2.24) is 0 Å². The fourth-order valence-electron chi connectivity index (χ4n) is 2.30. The van der Waals surface area contributed by atoms with E-state index in [1.165, 1.54) is 12.1 Å². The second-order valence-corrected chi connectivity index (χ2v) is 4.86. The van der Waals surface area contributed by atoms with Crippen LogP contribution in [0.25, 0.3) is 0 Å². The summed E-state index contributed by atoms with van der Waals surface area (Å²) >= 11 is 0. The first-order valence-electron chi connectivity index (χ1n) is 6.91. The molecular weight excluding hydrogens is 253 g/mol. The second-order valence-electron chi connectivity index (χ2n) is 4.86. The van der Waals surface area contributed by atoms with Crippen LogP contribution in [-0.4, -0.2) is 24.3 Å². The first-order valence-corrected chi connectivity index (χ1v) is 6.91. The highest BCUT2D eigenvalue weighted by molar-refractivity contribution is 5.46. The van der Waals surface area contributed by atoms with Crippen LogP contribution in [0.1, 0.15) is 12.5 Å². The molecule has 0 bridgehead atoms. The molecule has 0 aromatic heterocycles. The lowest BCUT2D eigenvalue weighted by atomic mass is 10.1. The maximum Gasteiger partial charge on any atom is 0.125 e. The van der Waals surface area contributed by atoms with Crippen molar-refractivity contribution in [1.29, 1.82) is 0 Å². The molecule has 0 fully saturated rings. The van der Waals surface area contributed by atoms with E-state index in [0.717, 1.165) is 17.8 Å². The van der Waals surface area contributed by atoms with Gasteiger partial charge in [-0.3, -0.25) is 0 Å². The zero-order chi connectivity index (χ0) is 14.4. The van der Waals surface area contributed by atoms with Gasteiger partial charge in [-0.05, 0) is 30.7 Å². The summed E-state index contributed by atoms with van der Waals surface area (Å²) in [7, 11) is 0. The molecule has 0 spiro atoms. The Hall–Kier alpha value is -1.87. The van der Waals surface area contributed by atoms with Gasteiger partial charge in [0.15, 0.2) is 0 Å². The molecule has 0 aliphatic carbocycles. The van der Waals surface area contributed by atoms with E-state index >= 15 is 0 Å². The van der Waals surface area contributed by atoms with Gasteiger partial charge >= 0.3 is 0 Å². The van der Waals surface area contributed by atoms with Crippen molar-refractivity contribution < 1.29 is 9.50 Å². The zero-order valence-corrected chi connectivity index (χ0v) is 11.7. The van der Waals surface area contributed by atoms with Gasteiger partial charge in [0.1, 0.15) is 5.82 Å². The monoisotopic (exact) mass is 273 g/mol. The molecule has 0 aliphatic rings. The maximum absolute atomic E-state index is 13.3. The molecule has 2 rings (SSSR count). The summed E-state index contributed by atoms with van der Waals surface area (Å²) in [5, 5.41) is 10.2. The van der Waals surface area contributed by atoms with Crippen LogP contribution in [0.3, 0.4) is 0 Å². The summed E-state index contributed by atoms with van der Waals surface area (Å²) in [6.07, 6.45) is 0.132. The number of halogens is 1. The van der Waals surface area contributed by atoms with Gasteiger partial charge in [-0.25, -0.2) is 4.39 Å². The van der Waals surface area contributed by atoms with Crippen molar-refractivity contribution in [3.05, 3.63) is 66.0 Å². The Bertz CT molecular complexity index is 530. The summed E-state index contributed by atoms with van der Waals surface area (Å²) in [5.74, 6) is -0.251. The van der Waals surface area contributed by atoms with Crippen molar-refractivity contribution in [3.8, 4) is 0 Å². The smallest absolute Gasteiger partial charge is 0.125 e. The minimum atomic E-state index is -0.472. The van der Waals surface area contributed by atoms with Crippen molar-refractivity contribution in [2.45, 2.75) is 19.4 Å². The maximum atomic E-state index is 13.3. The molecule has 0 aliphatic heterocycles. The minimum absolute atomic E-state index is 0.251. The standard InChI is InChI=1S/C17H20FNO/c1-2-19(16-10-6-9-15(18)12-16)13-17(20)11-14-7-4-3-5-8-14/h3-10,12,17,20H,2,11,13H2,1H3. The number of nitrogens with zero attached hydrogens (tertiary/aromatic N) is 1. The fraction of sp³-hybridized carbons (Fsp3) is 0.294. The van der Waals surface area contributed by atoms with Gasteiger partial charge in [-0.15, -0.1) is 0 Å². The molecule has 20 heavy (non-hydrogen) atoms. The van der Waals surface area contributed by atoms with E-state index in [1.807, 2.05) is 48.2 Å². The zero-order valence-electron chi connectivity index (χ0n) is 11.7. The lowest BCUT2D eigenvalue weighted by molar-refractivity contribution is 0.180. The van der Waals surface area contributed by atoms with E-state index in [2.05, 4.69) is 0 Å².